The van der Waals surface area contributed by atoms with Crippen molar-refractivity contribution < 1.29 is 0 Å². The van der Waals surface area contributed by atoms with Crippen LogP contribution in [0.1, 0.15) is 141 Å². The molecule has 5 aliphatic rings. The highest BCUT2D eigenvalue weighted by atomic mass is 14.7. The molecule has 0 aromatic heterocycles. The first kappa shape index (κ1) is 32.9. The van der Waals surface area contributed by atoms with Crippen LogP contribution in [0, 0.1) is 99.6 Å². The van der Waals surface area contributed by atoms with Gasteiger partial charge in [0, 0.05) is 5.41 Å². The molecule has 5 rings (SSSR count). The van der Waals surface area contributed by atoms with E-state index in [0.29, 0.717) is 10.8 Å². The molecule has 0 amide bonds. The van der Waals surface area contributed by atoms with Gasteiger partial charge >= 0.3 is 0 Å². The Morgan fingerprint density at radius 2 is 1.67 bits per heavy atom. The van der Waals surface area contributed by atoms with E-state index in [9.17, 15) is 0 Å². The quantitative estimate of drug-likeness (QED) is 0.203. The number of hydrogen-bond acceptors (Lipinski definition) is 0. The predicted octanol–water partition coefficient (Wildman–Crippen LogP) is 12.5. The highest BCUT2D eigenvalue weighted by Gasteiger charge is 2.70. The van der Waals surface area contributed by atoms with Gasteiger partial charge in [-0.2, -0.15) is 0 Å². The zero-order valence-electron chi connectivity index (χ0n) is 30.3. The van der Waals surface area contributed by atoms with Crippen molar-refractivity contribution in [3.63, 3.8) is 0 Å². The van der Waals surface area contributed by atoms with E-state index >= 15 is 0 Å². The van der Waals surface area contributed by atoms with Crippen molar-refractivity contribution >= 4 is 0 Å². The summed E-state index contributed by atoms with van der Waals surface area (Å²) >= 11 is 0. The summed E-state index contributed by atoms with van der Waals surface area (Å²) in [5, 5.41) is 0. The van der Waals surface area contributed by atoms with Crippen molar-refractivity contribution in [2.75, 3.05) is 0 Å². The predicted molar refractivity (Wildman–Crippen MR) is 184 cm³/mol. The Bertz CT molecular complexity index is 996. The van der Waals surface area contributed by atoms with E-state index in [1.807, 2.05) is 5.57 Å². The zero-order valence-corrected chi connectivity index (χ0v) is 30.3. The van der Waals surface area contributed by atoms with Gasteiger partial charge in [0.25, 0.3) is 0 Å². The highest BCUT2D eigenvalue weighted by molar-refractivity contribution is 5.37. The van der Waals surface area contributed by atoms with Gasteiger partial charge in [-0.1, -0.05) is 126 Å². The van der Waals surface area contributed by atoms with Crippen molar-refractivity contribution in [2.24, 2.45) is 99.6 Å². The minimum Gasteiger partial charge on any atom is -0.0993 e. The average Bonchev–Trinajstić information content (AvgIpc) is 3.19. The van der Waals surface area contributed by atoms with E-state index in [4.69, 9.17) is 6.58 Å². The van der Waals surface area contributed by atoms with Gasteiger partial charge in [-0.3, -0.25) is 0 Å². The topological polar surface area (TPSA) is 0 Å². The van der Waals surface area contributed by atoms with Gasteiger partial charge in [-0.25, -0.2) is 0 Å². The van der Waals surface area contributed by atoms with Crippen LogP contribution in [0.25, 0.3) is 0 Å². The Balaban J connectivity index is 1.46. The summed E-state index contributed by atoms with van der Waals surface area (Å²) in [5.41, 5.74) is 4.52. The fourth-order valence-corrected chi connectivity index (χ4v) is 13.9. The van der Waals surface area contributed by atoms with E-state index in [0.717, 1.165) is 88.8 Å². The Morgan fingerprint density at radius 3 is 2.21 bits per heavy atom. The summed E-state index contributed by atoms with van der Waals surface area (Å²) in [6.45, 7) is 35.6. The molecule has 0 saturated heterocycles. The lowest BCUT2D eigenvalue weighted by atomic mass is 9.47. The van der Waals surface area contributed by atoms with Gasteiger partial charge in [0.1, 0.15) is 0 Å². The maximum Gasteiger partial charge on any atom is 0.000223 e. The molecule has 0 aromatic rings. The Hall–Kier alpha value is -0.520. The maximum atomic E-state index is 4.81. The summed E-state index contributed by atoms with van der Waals surface area (Å²) in [7, 11) is 0. The third-order valence-corrected chi connectivity index (χ3v) is 15.6. The largest absolute Gasteiger partial charge is 0.0993 e. The number of allylic oxidation sites excluding steroid dienone is 3. The molecule has 1 spiro atoms. The molecule has 42 heavy (non-hydrogen) atoms. The highest BCUT2D eigenvalue weighted by Crippen LogP contribution is 2.76. The second-order valence-electron chi connectivity index (χ2n) is 18.2. The fourth-order valence-electron chi connectivity index (χ4n) is 13.9. The van der Waals surface area contributed by atoms with E-state index in [1.54, 1.807) is 5.57 Å². The second kappa shape index (κ2) is 12.0. The minimum absolute atomic E-state index is 0.407. The van der Waals surface area contributed by atoms with E-state index < -0.39 is 0 Å². The van der Waals surface area contributed by atoms with Crippen molar-refractivity contribution in [3.05, 3.63) is 23.8 Å². The number of rotatable bonds is 12. The Kier molecular flexibility index (Phi) is 9.40. The van der Waals surface area contributed by atoms with E-state index in [1.165, 1.54) is 57.8 Å². The monoisotopic (exact) mass is 577 g/mol. The number of fused-ring (bicyclic) bond motifs is 3. The summed E-state index contributed by atoms with van der Waals surface area (Å²) in [5.74, 6) is 12.8. The molecule has 15 atom stereocenters. The first-order valence-electron chi connectivity index (χ1n) is 19.2. The van der Waals surface area contributed by atoms with Crippen LogP contribution in [-0.2, 0) is 0 Å². The third-order valence-electron chi connectivity index (χ3n) is 15.6. The minimum atomic E-state index is 0.407. The standard InChI is InChI=1S/C42H72/c1-14-17-31-20-27(8)36-33(39-40(34(36)23-31)41(39,12)13)19-18-32(21-26(7)25(6)15-2)37-30(11)38(24(4)5)42(35(37)16-3)28(9)22-29(42)10/h23-27,29-33,35-40H,9,14-22H2,1-8,10-13H3. The van der Waals surface area contributed by atoms with Crippen molar-refractivity contribution in [3.8, 4) is 0 Å². The Labute approximate surface area is 263 Å². The lowest BCUT2D eigenvalue weighted by molar-refractivity contribution is -0.00455. The molecule has 0 N–H and O–H groups in total. The molecule has 240 valence electrons. The van der Waals surface area contributed by atoms with Gasteiger partial charge in [0.15, 0.2) is 0 Å². The van der Waals surface area contributed by atoms with Gasteiger partial charge in [-0.15, -0.1) is 0 Å². The smallest absolute Gasteiger partial charge is 0.000223 e. The van der Waals surface area contributed by atoms with Gasteiger partial charge < -0.3 is 0 Å². The van der Waals surface area contributed by atoms with Crippen LogP contribution in [0.5, 0.6) is 0 Å². The number of hydrogen-bond donors (Lipinski definition) is 0. The van der Waals surface area contributed by atoms with Crippen LogP contribution in [-0.4, -0.2) is 0 Å². The van der Waals surface area contributed by atoms with Crippen molar-refractivity contribution in [1.29, 1.82) is 0 Å². The molecule has 0 radical (unpaired) electrons. The molecule has 4 saturated carbocycles. The average molecular weight is 577 g/mol. The second-order valence-corrected chi connectivity index (χ2v) is 18.2. The van der Waals surface area contributed by atoms with Crippen LogP contribution in [0.2, 0.25) is 0 Å². The van der Waals surface area contributed by atoms with Crippen LogP contribution in [0.4, 0.5) is 0 Å². The molecular weight excluding hydrogens is 504 g/mol. The van der Waals surface area contributed by atoms with Gasteiger partial charge in [0.05, 0.1) is 0 Å². The van der Waals surface area contributed by atoms with Crippen LogP contribution in [0.3, 0.4) is 0 Å². The molecule has 0 heteroatoms. The van der Waals surface area contributed by atoms with Crippen LogP contribution >= 0.6 is 0 Å². The molecule has 0 aliphatic heterocycles. The molecule has 0 nitrogen and oxygen atoms in total. The molecular formula is C42H72. The molecule has 0 bridgehead atoms. The summed E-state index contributed by atoms with van der Waals surface area (Å²) in [4.78, 5) is 0. The van der Waals surface area contributed by atoms with Gasteiger partial charge in [-0.05, 0) is 133 Å². The molecule has 4 fully saturated rings. The fraction of sp³-hybridized carbons (Fsp3) is 0.905. The first-order valence-corrected chi connectivity index (χ1v) is 19.2. The summed E-state index contributed by atoms with van der Waals surface area (Å²) < 4.78 is 0. The van der Waals surface area contributed by atoms with Crippen LogP contribution in [0.15, 0.2) is 23.8 Å². The van der Waals surface area contributed by atoms with Crippen molar-refractivity contribution in [2.45, 2.75) is 141 Å². The van der Waals surface area contributed by atoms with E-state index in [2.05, 4.69) is 89.2 Å². The lowest BCUT2D eigenvalue weighted by Gasteiger charge is -2.57. The summed E-state index contributed by atoms with van der Waals surface area (Å²) in [6, 6.07) is 0. The molecule has 0 aromatic carbocycles. The van der Waals surface area contributed by atoms with E-state index in [-0.39, 0.29) is 0 Å². The third kappa shape index (κ3) is 4.88. The van der Waals surface area contributed by atoms with Crippen molar-refractivity contribution in [1.82, 2.24) is 0 Å². The zero-order chi connectivity index (χ0) is 30.9. The van der Waals surface area contributed by atoms with Gasteiger partial charge in [0.2, 0.25) is 0 Å². The lowest BCUT2D eigenvalue weighted by Crippen LogP contribution is -2.50. The van der Waals surface area contributed by atoms with Crippen LogP contribution < -0.4 is 0 Å². The molecule has 5 aliphatic carbocycles. The maximum absolute atomic E-state index is 4.81. The first-order chi connectivity index (χ1) is 19.8. The molecule has 15 unspecified atom stereocenters. The SMILES string of the molecule is C=C1CC(C)C12C(CC)C(C(CCC1C3C(=CC(CCC)CC3C)C3C1C3(C)C)CC(C)C(C)CC)C(C)C2C(C)C. The normalized spacial score (nSPS) is 45.8. The molecule has 0 heterocycles. The Morgan fingerprint density at radius 1 is 0.976 bits per heavy atom. The summed E-state index contributed by atoms with van der Waals surface area (Å²) in [6.07, 6.45) is 15.4.